The summed E-state index contributed by atoms with van der Waals surface area (Å²) in [6.07, 6.45) is 4.26. The van der Waals surface area contributed by atoms with Crippen LogP contribution in [0.2, 0.25) is 0 Å². The number of fused-ring (bicyclic) bond motifs is 1. The summed E-state index contributed by atoms with van der Waals surface area (Å²) in [5.74, 6) is -0.350. The van der Waals surface area contributed by atoms with Gasteiger partial charge in [0.25, 0.3) is 5.91 Å². The van der Waals surface area contributed by atoms with Crippen molar-refractivity contribution in [1.82, 2.24) is 24.5 Å². The zero-order chi connectivity index (χ0) is 26.5. The first-order valence-electron chi connectivity index (χ1n) is 13.0. The fraction of sp³-hybridized carbons (Fsp3) is 0.760. The Kier molecular flexibility index (Phi) is 9.08. The lowest BCUT2D eigenvalue weighted by Crippen LogP contribution is -2.49. The molecule has 202 valence electrons. The van der Waals surface area contributed by atoms with Crippen LogP contribution in [-0.4, -0.2) is 106 Å². The van der Waals surface area contributed by atoms with E-state index >= 15 is 0 Å². The molecule has 0 aromatic rings. The van der Waals surface area contributed by atoms with E-state index in [4.69, 9.17) is 9.47 Å². The molecular weight excluding hydrogens is 466 g/mol. The molecule has 11 nitrogen and oxygen atoms in total. The Morgan fingerprint density at radius 2 is 1.78 bits per heavy atom. The number of nitrogens with zero attached hydrogens (tertiary/aromatic N) is 5. The number of hydrogen-bond donors (Lipinski definition) is 0. The van der Waals surface area contributed by atoms with Crippen LogP contribution in [0.5, 0.6) is 0 Å². The van der Waals surface area contributed by atoms with Crippen LogP contribution >= 0.6 is 0 Å². The van der Waals surface area contributed by atoms with Gasteiger partial charge in [0.2, 0.25) is 5.91 Å². The summed E-state index contributed by atoms with van der Waals surface area (Å²) in [7, 11) is 0. The van der Waals surface area contributed by atoms with Crippen molar-refractivity contribution >= 4 is 23.9 Å². The molecule has 3 amide bonds. The molecule has 2 fully saturated rings. The number of carbonyl (C=O) groups is 4. The van der Waals surface area contributed by atoms with Crippen molar-refractivity contribution in [3.63, 3.8) is 0 Å². The van der Waals surface area contributed by atoms with E-state index in [1.165, 1.54) is 0 Å². The van der Waals surface area contributed by atoms with Crippen LogP contribution in [0, 0.1) is 0 Å². The molecule has 0 bridgehead atoms. The van der Waals surface area contributed by atoms with E-state index in [1.54, 1.807) is 20.9 Å². The lowest BCUT2D eigenvalue weighted by Gasteiger charge is -2.37. The van der Waals surface area contributed by atoms with Gasteiger partial charge in [0.1, 0.15) is 11.3 Å². The van der Waals surface area contributed by atoms with Crippen LogP contribution in [0.25, 0.3) is 0 Å². The molecule has 0 saturated carbocycles. The number of carbonyl (C=O) groups excluding carboxylic acids is 4. The highest BCUT2D eigenvalue weighted by atomic mass is 16.6. The third-order valence-electron chi connectivity index (χ3n) is 6.53. The minimum absolute atomic E-state index is 0.0347. The van der Waals surface area contributed by atoms with Gasteiger partial charge in [0.05, 0.1) is 19.8 Å². The van der Waals surface area contributed by atoms with Crippen LogP contribution in [0.4, 0.5) is 4.79 Å². The van der Waals surface area contributed by atoms with Crippen LogP contribution in [0.1, 0.15) is 66.7 Å². The Labute approximate surface area is 213 Å². The quantitative estimate of drug-likeness (QED) is 0.438. The summed E-state index contributed by atoms with van der Waals surface area (Å²) < 4.78 is 10.8. The summed E-state index contributed by atoms with van der Waals surface area (Å²) in [5.41, 5.74) is 0.0720. The van der Waals surface area contributed by atoms with Crippen molar-refractivity contribution < 1.29 is 28.7 Å². The summed E-state index contributed by atoms with van der Waals surface area (Å²) in [5, 5.41) is 0. The molecule has 2 saturated heterocycles. The smallest absolute Gasteiger partial charge is 0.410 e. The van der Waals surface area contributed by atoms with E-state index in [9.17, 15) is 19.2 Å². The molecule has 36 heavy (non-hydrogen) atoms. The van der Waals surface area contributed by atoms with Crippen molar-refractivity contribution in [1.29, 1.82) is 0 Å². The van der Waals surface area contributed by atoms with Crippen LogP contribution in [0.3, 0.4) is 0 Å². The fourth-order valence-electron chi connectivity index (χ4n) is 4.63. The number of ether oxygens (including phenoxy) is 2. The van der Waals surface area contributed by atoms with Gasteiger partial charge in [-0.2, -0.15) is 0 Å². The van der Waals surface area contributed by atoms with Crippen LogP contribution in [-0.2, 0) is 23.9 Å². The van der Waals surface area contributed by atoms with E-state index < -0.39 is 5.60 Å². The molecular formula is C25H41N5O6. The molecule has 0 aliphatic carbocycles. The molecule has 0 aromatic carbocycles. The molecule has 3 heterocycles. The lowest BCUT2D eigenvalue weighted by molar-refractivity contribution is -0.148. The number of amides is 3. The minimum Gasteiger partial charge on any atom is -0.444 e. The van der Waals surface area contributed by atoms with Gasteiger partial charge in [-0.05, 0) is 47.0 Å². The third kappa shape index (κ3) is 7.04. The number of likely N-dealkylation sites (tertiary alicyclic amines) is 1. The van der Waals surface area contributed by atoms with Gasteiger partial charge in [-0.3, -0.25) is 14.4 Å². The second-order valence-corrected chi connectivity index (χ2v) is 10.5. The number of rotatable bonds is 9. The van der Waals surface area contributed by atoms with Crippen molar-refractivity contribution in [2.45, 2.75) is 78.4 Å². The summed E-state index contributed by atoms with van der Waals surface area (Å²) in [6, 6.07) is 0.0749. The second-order valence-electron chi connectivity index (χ2n) is 10.5. The normalized spacial score (nSPS) is 18.4. The van der Waals surface area contributed by atoms with Crippen molar-refractivity contribution in [3.05, 3.63) is 11.9 Å². The Hall–Kier alpha value is -2.98. The summed E-state index contributed by atoms with van der Waals surface area (Å²) >= 11 is 0. The first-order chi connectivity index (χ1) is 17.0. The number of hydrogen-bond acceptors (Lipinski definition) is 8. The van der Waals surface area contributed by atoms with Crippen molar-refractivity contribution in [2.75, 3.05) is 46.2 Å². The Morgan fingerprint density at radius 1 is 1.08 bits per heavy atom. The first kappa shape index (κ1) is 27.6. The van der Waals surface area contributed by atoms with Crippen LogP contribution in [0.15, 0.2) is 11.9 Å². The molecule has 0 atom stereocenters. The molecule has 0 radical (unpaired) electrons. The van der Waals surface area contributed by atoms with Gasteiger partial charge >= 0.3 is 12.1 Å². The van der Waals surface area contributed by atoms with Gasteiger partial charge in [0.15, 0.2) is 6.73 Å². The van der Waals surface area contributed by atoms with Crippen molar-refractivity contribution in [3.8, 4) is 0 Å². The van der Waals surface area contributed by atoms with Gasteiger partial charge < -0.3 is 34.0 Å². The highest BCUT2D eigenvalue weighted by Gasteiger charge is 2.42. The summed E-state index contributed by atoms with van der Waals surface area (Å²) in [4.78, 5) is 58.6. The standard InChI is InChI=1S/C25H41N5O6/c1-6-8-21(31)27(7-2)14-11-22(32)35-18-26-15-20-23(33)30(17-29(20)16-26)19-9-12-28(13-10-19)24(34)36-25(3,4)5/h15,19H,6-14,16-18H2,1-5H3. The van der Waals surface area contributed by atoms with E-state index in [0.717, 1.165) is 6.42 Å². The number of esters is 1. The van der Waals surface area contributed by atoms with E-state index in [0.29, 0.717) is 64.5 Å². The average Bonchev–Trinajstić information content (AvgIpc) is 3.36. The maximum atomic E-state index is 13.0. The van der Waals surface area contributed by atoms with Gasteiger partial charge in [-0.25, -0.2) is 4.79 Å². The molecule has 3 aliphatic heterocycles. The molecule has 3 aliphatic rings. The van der Waals surface area contributed by atoms with Crippen molar-refractivity contribution in [2.24, 2.45) is 0 Å². The van der Waals surface area contributed by atoms with Gasteiger partial charge in [-0.1, -0.05) is 6.92 Å². The molecule has 0 spiro atoms. The SMILES string of the molecule is CCCC(=O)N(CC)CCC(=O)OCN1C=C2C(=O)N(C3CCN(C(=O)OC(C)(C)C)CC3)CN2C1. The Balaban J connectivity index is 1.42. The zero-order valence-corrected chi connectivity index (χ0v) is 22.3. The molecule has 0 unspecified atom stereocenters. The predicted molar refractivity (Wildman–Crippen MR) is 132 cm³/mol. The minimum atomic E-state index is -0.528. The monoisotopic (exact) mass is 507 g/mol. The maximum absolute atomic E-state index is 13.0. The highest BCUT2D eigenvalue weighted by molar-refractivity contribution is 5.95. The third-order valence-corrected chi connectivity index (χ3v) is 6.53. The van der Waals surface area contributed by atoms with E-state index in [1.807, 2.05) is 44.4 Å². The predicted octanol–water partition coefficient (Wildman–Crippen LogP) is 2.14. The van der Waals surface area contributed by atoms with Gasteiger partial charge in [0, 0.05) is 44.8 Å². The summed E-state index contributed by atoms with van der Waals surface area (Å²) in [6.45, 7) is 12.5. The second kappa shape index (κ2) is 11.8. The largest absolute Gasteiger partial charge is 0.444 e. The maximum Gasteiger partial charge on any atom is 0.410 e. The van der Waals surface area contributed by atoms with Gasteiger partial charge in [-0.15, -0.1) is 0 Å². The topological polar surface area (TPSA) is 103 Å². The molecule has 11 heteroatoms. The highest BCUT2D eigenvalue weighted by Crippen LogP contribution is 2.30. The first-order valence-corrected chi connectivity index (χ1v) is 13.0. The molecule has 0 aromatic heterocycles. The fourth-order valence-corrected chi connectivity index (χ4v) is 4.63. The lowest BCUT2D eigenvalue weighted by atomic mass is 10.0. The molecule has 0 N–H and O–H groups in total. The Morgan fingerprint density at radius 3 is 2.36 bits per heavy atom. The number of piperidine rings is 1. The average molecular weight is 508 g/mol. The van der Waals surface area contributed by atoms with E-state index in [2.05, 4.69) is 0 Å². The zero-order valence-electron chi connectivity index (χ0n) is 22.3. The Bertz CT molecular complexity index is 861. The molecule has 3 rings (SSSR count). The van der Waals surface area contributed by atoms with Crippen LogP contribution < -0.4 is 0 Å². The van der Waals surface area contributed by atoms with E-state index in [-0.39, 0.29) is 43.1 Å².